The number of amides is 1. The molecule has 0 saturated carbocycles. The van der Waals surface area contributed by atoms with Gasteiger partial charge in [0.2, 0.25) is 5.91 Å². The number of aromatic nitrogens is 2. The number of esters is 1. The number of nitrogens with zero attached hydrogens (tertiary/aromatic N) is 2. The molecule has 2 aromatic carbocycles. The standard InChI is InChI=1S/C23H20ClN3O4S/c1-27-20-19(21(29)26-23(27)32-12-15-5-3-4-6-17(15)24)16(11-18(28)25-20)13-7-9-14(10-8-13)22(30)31-2/h3-10,16H,11-12H2,1-2H3,(H,25,28)/t16-/m0/s1. The Morgan fingerprint density at radius 2 is 1.94 bits per heavy atom. The average Bonchev–Trinajstić information content (AvgIpc) is 2.80. The first-order valence-electron chi connectivity index (χ1n) is 9.84. The second-order valence-corrected chi connectivity index (χ2v) is 8.67. The molecule has 2 heterocycles. The molecule has 1 aliphatic heterocycles. The number of fused-ring (bicyclic) bond motifs is 1. The lowest BCUT2D eigenvalue weighted by Crippen LogP contribution is -2.33. The lowest BCUT2D eigenvalue weighted by molar-refractivity contribution is -0.116. The predicted octanol–water partition coefficient (Wildman–Crippen LogP) is 3.99. The number of carbonyl (C=O) groups is 2. The van der Waals surface area contributed by atoms with Gasteiger partial charge in [0.15, 0.2) is 5.16 Å². The van der Waals surface area contributed by atoms with Gasteiger partial charge < -0.3 is 14.6 Å². The fourth-order valence-corrected chi connectivity index (χ4v) is 4.93. The van der Waals surface area contributed by atoms with Gasteiger partial charge in [-0.25, -0.2) is 4.79 Å². The molecule has 1 aliphatic rings. The van der Waals surface area contributed by atoms with Crippen LogP contribution in [0.4, 0.5) is 5.82 Å². The Labute approximate surface area is 193 Å². The van der Waals surface area contributed by atoms with E-state index in [1.165, 1.54) is 18.9 Å². The fraction of sp³-hybridized carbons (Fsp3) is 0.217. The highest BCUT2D eigenvalue weighted by molar-refractivity contribution is 7.98. The second kappa shape index (κ2) is 9.18. The molecule has 1 amide bonds. The van der Waals surface area contributed by atoms with Gasteiger partial charge in [0.25, 0.3) is 5.56 Å². The zero-order valence-electron chi connectivity index (χ0n) is 17.4. The number of hydrogen-bond acceptors (Lipinski definition) is 6. The quantitative estimate of drug-likeness (QED) is 0.345. The summed E-state index contributed by atoms with van der Waals surface area (Å²) in [4.78, 5) is 41.5. The lowest BCUT2D eigenvalue weighted by Gasteiger charge is -2.27. The van der Waals surface area contributed by atoms with Crippen molar-refractivity contribution in [2.75, 3.05) is 12.4 Å². The van der Waals surface area contributed by atoms with Crippen LogP contribution in [0.1, 0.15) is 39.4 Å². The van der Waals surface area contributed by atoms with Crippen molar-refractivity contribution in [2.24, 2.45) is 7.05 Å². The maximum absolute atomic E-state index is 13.0. The van der Waals surface area contributed by atoms with E-state index in [9.17, 15) is 14.4 Å². The van der Waals surface area contributed by atoms with Gasteiger partial charge in [0.1, 0.15) is 5.82 Å². The Kier molecular flexibility index (Phi) is 6.34. The van der Waals surface area contributed by atoms with E-state index in [0.29, 0.717) is 32.9 Å². The summed E-state index contributed by atoms with van der Waals surface area (Å²) in [7, 11) is 3.08. The number of methoxy groups -OCH3 is 1. The maximum atomic E-state index is 13.0. The van der Waals surface area contributed by atoms with E-state index in [0.717, 1.165) is 11.1 Å². The third-order valence-electron chi connectivity index (χ3n) is 5.35. The predicted molar refractivity (Wildman–Crippen MR) is 123 cm³/mol. The molecule has 3 aromatic rings. The number of ether oxygens (including phenoxy) is 1. The molecule has 32 heavy (non-hydrogen) atoms. The summed E-state index contributed by atoms with van der Waals surface area (Å²) in [6.45, 7) is 0. The van der Waals surface area contributed by atoms with Crippen molar-refractivity contribution in [1.82, 2.24) is 9.55 Å². The van der Waals surface area contributed by atoms with Crippen LogP contribution in [-0.4, -0.2) is 28.5 Å². The Morgan fingerprint density at radius 1 is 1.22 bits per heavy atom. The van der Waals surface area contributed by atoms with Gasteiger partial charge in [-0.2, -0.15) is 4.98 Å². The molecule has 1 aromatic heterocycles. The first kappa shape index (κ1) is 22.1. The zero-order valence-corrected chi connectivity index (χ0v) is 19.0. The molecule has 0 fully saturated rings. The van der Waals surface area contributed by atoms with Crippen LogP contribution in [0.2, 0.25) is 5.02 Å². The minimum Gasteiger partial charge on any atom is -0.465 e. The minimum atomic E-state index is -0.459. The number of rotatable bonds is 5. The number of thioether (sulfide) groups is 1. The summed E-state index contributed by atoms with van der Waals surface area (Å²) >= 11 is 7.61. The summed E-state index contributed by atoms with van der Waals surface area (Å²) in [5.41, 5.74) is 2.12. The number of carbonyl (C=O) groups excluding carboxylic acids is 2. The van der Waals surface area contributed by atoms with Crippen molar-refractivity contribution in [2.45, 2.75) is 23.2 Å². The topological polar surface area (TPSA) is 90.3 Å². The zero-order chi connectivity index (χ0) is 22.8. The van der Waals surface area contributed by atoms with Crippen LogP contribution < -0.4 is 10.9 Å². The van der Waals surface area contributed by atoms with Crippen molar-refractivity contribution < 1.29 is 14.3 Å². The number of halogens is 1. The molecule has 4 rings (SSSR count). The molecule has 0 aliphatic carbocycles. The van der Waals surface area contributed by atoms with Crippen molar-refractivity contribution >= 4 is 41.1 Å². The highest BCUT2D eigenvalue weighted by Gasteiger charge is 2.32. The first-order chi connectivity index (χ1) is 15.4. The molecule has 1 N–H and O–H groups in total. The fourth-order valence-electron chi connectivity index (χ4n) is 3.68. The van der Waals surface area contributed by atoms with Crippen LogP contribution in [-0.2, 0) is 22.3 Å². The Morgan fingerprint density at radius 3 is 2.62 bits per heavy atom. The van der Waals surface area contributed by atoms with E-state index in [-0.39, 0.29) is 17.9 Å². The van der Waals surface area contributed by atoms with Gasteiger partial charge in [0, 0.05) is 30.2 Å². The van der Waals surface area contributed by atoms with Gasteiger partial charge >= 0.3 is 5.97 Å². The SMILES string of the molecule is COC(=O)c1ccc([C@@H]2CC(=O)Nc3c2c(=O)nc(SCc2ccccc2Cl)n3C)cc1. The summed E-state index contributed by atoms with van der Waals surface area (Å²) in [6, 6.07) is 14.2. The molecule has 9 heteroatoms. The van der Waals surface area contributed by atoms with E-state index in [4.69, 9.17) is 16.3 Å². The number of benzene rings is 2. The molecular weight excluding hydrogens is 450 g/mol. The van der Waals surface area contributed by atoms with Gasteiger partial charge in [-0.1, -0.05) is 53.7 Å². The highest BCUT2D eigenvalue weighted by Crippen LogP contribution is 2.36. The van der Waals surface area contributed by atoms with Gasteiger partial charge in [0.05, 0.1) is 18.2 Å². The molecule has 0 radical (unpaired) electrons. The maximum Gasteiger partial charge on any atom is 0.337 e. The third kappa shape index (κ3) is 4.28. The minimum absolute atomic E-state index is 0.119. The average molecular weight is 470 g/mol. The van der Waals surface area contributed by atoms with Gasteiger partial charge in [-0.05, 0) is 29.3 Å². The smallest absolute Gasteiger partial charge is 0.337 e. The Bertz CT molecular complexity index is 1260. The van der Waals surface area contributed by atoms with Crippen LogP contribution >= 0.6 is 23.4 Å². The van der Waals surface area contributed by atoms with Gasteiger partial charge in [-0.3, -0.25) is 9.59 Å². The van der Waals surface area contributed by atoms with Gasteiger partial charge in [-0.15, -0.1) is 0 Å². The summed E-state index contributed by atoms with van der Waals surface area (Å²) in [5.74, 6) is -0.131. The number of nitrogens with one attached hydrogen (secondary N) is 1. The molecule has 7 nitrogen and oxygen atoms in total. The monoisotopic (exact) mass is 469 g/mol. The highest BCUT2D eigenvalue weighted by atomic mass is 35.5. The molecular formula is C23H20ClN3O4S. The summed E-state index contributed by atoms with van der Waals surface area (Å²) in [5, 5.41) is 3.96. The van der Waals surface area contributed by atoms with Crippen molar-refractivity contribution in [3.8, 4) is 0 Å². The largest absolute Gasteiger partial charge is 0.465 e. The Hall–Kier alpha value is -3.10. The first-order valence-corrected chi connectivity index (χ1v) is 11.2. The van der Waals surface area contributed by atoms with E-state index in [1.54, 1.807) is 35.9 Å². The van der Waals surface area contributed by atoms with E-state index in [2.05, 4.69) is 10.3 Å². The van der Waals surface area contributed by atoms with Crippen LogP contribution in [0.3, 0.4) is 0 Å². The number of hydrogen-bond donors (Lipinski definition) is 1. The normalized spacial score (nSPS) is 15.1. The molecule has 0 bridgehead atoms. The molecule has 0 spiro atoms. The number of anilines is 1. The Balaban J connectivity index is 1.69. The molecule has 0 unspecified atom stereocenters. The molecule has 1 atom stereocenters. The summed E-state index contributed by atoms with van der Waals surface area (Å²) < 4.78 is 6.46. The van der Waals surface area contributed by atoms with Crippen molar-refractivity contribution in [3.05, 3.63) is 86.2 Å². The lowest BCUT2D eigenvalue weighted by atomic mass is 9.86. The molecule has 0 saturated heterocycles. The van der Waals surface area contributed by atoms with Crippen molar-refractivity contribution in [3.63, 3.8) is 0 Å². The third-order valence-corrected chi connectivity index (χ3v) is 6.80. The van der Waals surface area contributed by atoms with E-state index >= 15 is 0 Å². The van der Waals surface area contributed by atoms with Crippen LogP contribution in [0.25, 0.3) is 0 Å². The van der Waals surface area contributed by atoms with E-state index in [1.807, 2.05) is 24.3 Å². The van der Waals surface area contributed by atoms with Crippen molar-refractivity contribution in [1.29, 1.82) is 0 Å². The van der Waals surface area contributed by atoms with Crippen LogP contribution in [0, 0.1) is 0 Å². The second-order valence-electron chi connectivity index (χ2n) is 7.32. The molecule has 164 valence electrons. The van der Waals surface area contributed by atoms with E-state index < -0.39 is 11.9 Å². The van der Waals surface area contributed by atoms with Crippen LogP contribution in [0.5, 0.6) is 0 Å². The summed E-state index contributed by atoms with van der Waals surface area (Å²) in [6.07, 6.45) is 0.119. The van der Waals surface area contributed by atoms with Crippen LogP contribution in [0.15, 0.2) is 58.5 Å².